The van der Waals surface area contributed by atoms with E-state index in [1.807, 2.05) is 43.4 Å². The molecule has 0 aliphatic heterocycles. The van der Waals surface area contributed by atoms with E-state index in [4.69, 9.17) is 5.73 Å². The molecule has 3 aromatic rings. The molecule has 0 spiro atoms. The van der Waals surface area contributed by atoms with Gasteiger partial charge in [0.05, 0.1) is 5.52 Å². The fraction of sp³-hybridized carbons (Fsp3) is 0.0769. The summed E-state index contributed by atoms with van der Waals surface area (Å²) in [6, 6.07) is 11.5. The second-order valence-corrected chi connectivity index (χ2v) is 4.03. The van der Waals surface area contributed by atoms with Gasteiger partial charge in [0.2, 0.25) is 0 Å². The highest BCUT2D eigenvalue weighted by Crippen LogP contribution is 2.21. The third-order valence-corrected chi connectivity index (χ3v) is 2.76. The molecule has 0 unspecified atom stereocenters. The van der Waals surface area contributed by atoms with Crippen molar-refractivity contribution in [1.82, 2.24) is 15.0 Å². The van der Waals surface area contributed by atoms with Gasteiger partial charge >= 0.3 is 0 Å². The SMILES string of the molecule is CNc1ccc2[nH]c(-c3cccc(N)c3)nc2n1. The van der Waals surface area contributed by atoms with Crippen molar-refractivity contribution in [3.63, 3.8) is 0 Å². The van der Waals surface area contributed by atoms with Gasteiger partial charge in [0, 0.05) is 18.3 Å². The molecule has 4 N–H and O–H groups in total. The molecule has 0 saturated carbocycles. The predicted octanol–water partition coefficient (Wildman–Crippen LogP) is 2.25. The highest BCUT2D eigenvalue weighted by molar-refractivity contribution is 5.78. The van der Waals surface area contributed by atoms with Gasteiger partial charge in [-0.2, -0.15) is 0 Å². The Hall–Kier alpha value is -2.56. The van der Waals surface area contributed by atoms with Crippen molar-refractivity contribution in [2.75, 3.05) is 18.1 Å². The van der Waals surface area contributed by atoms with Crippen LogP contribution >= 0.6 is 0 Å². The molecule has 0 saturated heterocycles. The van der Waals surface area contributed by atoms with Crippen LogP contribution in [0.1, 0.15) is 0 Å². The number of rotatable bonds is 2. The van der Waals surface area contributed by atoms with Crippen LogP contribution in [0.3, 0.4) is 0 Å². The molecular weight excluding hydrogens is 226 g/mol. The van der Waals surface area contributed by atoms with Crippen LogP contribution in [0.25, 0.3) is 22.6 Å². The van der Waals surface area contributed by atoms with E-state index in [2.05, 4.69) is 20.3 Å². The van der Waals surface area contributed by atoms with Gasteiger partial charge in [-0.1, -0.05) is 12.1 Å². The van der Waals surface area contributed by atoms with E-state index in [0.29, 0.717) is 5.65 Å². The topological polar surface area (TPSA) is 79.6 Å². The van der Waals surface area contributed by atoms with Crippen LogP contribution in [0.15, 0.2) is 36.4 Å². The lowest BCUT2D eigenvalue weighted by atomic mass is 10.2. The van der Waals surface area contributed by atoms with Gasteiger partial charge in [-0.05, 0) is 24.3 Å². The Labute approximate surface area is 104 Å². The third-order valence-electron chi connectivity index (χ3n) is 2.76. The van der Waals surface area contributed by atoms with Gasteiger partial charge in [-0.15, -0.1) is 0 Å². The first kappa shape index (κ1) is 10.6. The molecule has 0 amide bonds. The predicted molar refractivity (Wildman–Crippen MR) is 73.3 cm³/mol. The van der Waals surface area contributed by atoms with E-state index in [1.54, 1.807) is 0 Å². The summed E-state index contributed by atoms with van der Waals surface area (Å²) in [5.74, 6) is 1.58. The number of nitrogen functional groups attached to an aromatic ring is 1. The zero-order chi connectivity index (χ0) is 12.5. The number of H-pyrrole nitrogens is 1. The molecule has 0 atom stereocenters. The van der Waals surface area contributed by atoms with E-state index in [1.165, 1.54) is 0 Å². The van der Waals surface area contributed by atoms with E-state index in [0.717, 1.165) is 28.4 Å². The Bertz CT molecular complexity index is 701. The number of nitrogens with zero attached hydrogens (tertiary/aromatic N) is 2. The largest absolute Gasteiger partial charge is 0.399 e. The number of anilines is 2. The summed E-state index contributed by atoms with van der Waals surface area (Å²) >= 11 is 0. The van der Waals surface area contributed by atoms with Crippen molar-refractivity contribution in [3.8, 4) is 11.4 Å². The van der Waals surface area contributed by atoms with Crippen LogP contribution in [0, 0.1) is 0 Å². The molecule has 0 aliphatic carbocycles. The molecule has 1 aromatic carbocycles. The highest BCUT2D eigenvalue weighted by atomic mass is 15.0. The Morgan fingerprint density at radius 3 is 2.83 bits per heavy atom. The summed E-state index contributed by atoms with van der Waals surface area (Å²) in [4.78, 5) is 12.1. The number of imidazole rings is 1. The zero-order valence-electron chi connectivity index (χ0n) is 9.94. The number of hydrogen-bond acceptors (Lipinski definition) is 4. The summed E-state index contributed by atoms with van der Waals surface area (Å²) in [5, 5.41) is 2.99. The maximum atomic E-state index is 5.77. The first-order valence-corrected chi connectivity index (χ1v) is 5.67. The number of aromatic nitrogens is 3. The van der Waals surface area contributed by atoms with E-state index >= 15 is 0 Å². The van der Waals surface area contributed by atoms with Gasteiger partial charge < -0.3 is 16.0 Å². The molecule has 0 fully saturated rings. The summed E-state index contributed by atoms with van der Waals surface area (Å²) in [5.41, 5.74) is 9.05. The molecule has 3 rings (SSSR count). The Balaban J connectivity index is 2.13. The van der Waals surface area contributed by atoms with Crippen LogP contribution in [0.5, 0.6) is 0 Å². The van der Waals surface area contributed by atoms with E-state index < -0.39 is 0 Å². The number of benzene rings is 1. The quantitative estimate of drug-likeness (QED) is 0.599. The van der Waals surface area contributed by atoms with Crippen LogP contribution < -0.4 is 11.1 Å². The van der Waals surface area contributed by atoms with Crippen molar-refractivity contribution in [2.45, 2.75) is 0 Å². The summed E-state index contributed by atoms with van der Waals surface area (Å²) < 4.78 is 0. The minimum atomic E-state index is 0.694. The highest BCUT2D eigenvalue weighted by Gasteiger charge is 2.06. The number of nitrogens with two attached hydrogens (primary N) is 1. The van der Waals surface area contributed by atoms with Crippen molar-refractivity contribution in [1.29, 1.82) is 0 Å². The molecule has 0 radical (unpaired) electrons. The monoisotopic (exact) mass is 239 g/mol. The van der Waals surface area contributed by atoms with Crippen LogP contribution in [0.4, 0.5) is 11.5 Å². The van der Waals surface area contributed by atoms with Crippen molar-refractivity contribution in [2.24, 2.45) is 0 Å². The Morgan fingerprint density at radius 2 is 2.06 bits per heavy atom. The van der Waals surface area contributed by atoms with Gasteiger partial charge in [0.1, 0.15) is 11.6 Å². The van der Waals surface area contributed by atoms with Crippen LogP contribution in [0.2, 0.25) is 0 Å². The van der Waals surface area contributed by atoms with E-state index in [-0.39, 0.29) is 0 Å². The fourth-order valence-electron chi connectivity index (χ4n) is 1.85. The van der Waals surface area contributed by atoms with Gasteiger partial charge in [0.25, 0.3) is 0 Å². The molecule has 2 heterocycles. The van der Waals surface area contributed by atoms with Gasteiger partial charge in [-0.25, -0.2) is 9.97 Å². The fourth-order valence-corrected chi connectivity index (χ4v) is 1.85. The van der Waals surface area contributed by atoms with E-state index in [9.17, 15) is 0 Å². The number of fused-ring (bicyclic) bond motifs is 1. The number of aromatic amines is 1. The lowest BCUT2D eigenvalue weighted by Crippen LogP contribution is -1.91. The number of hydrogen-bond donors (Lipinski definition) is 3. The van der Waals surface area contributed by atoms with Crippen molar-refractivity contribution < 1.29 is 0 Å². The maximum absolute atomic E-state index is 5.77. The van der Waals surface area contributed by atoms with Crippen molar-refractivity contribution >= 4 is 22.7 Å². The molecular formula is C13H13N5. The Morgan fingerprint density at radius 1 is 1.17 bits per heavy atom. The molecule has 5 heteroatoms. The number of nitrogens with one attached hydrogen (secondary N) is 2. The average molecular weight is 239 g/mol. The lowest BCUT2D eigenvalue weighted by molar-refractivity contribution is 1.28. The second-order valence-electron chi connectivity index (χ2n) is 4.03. The standard InChI is InChI=1S/C13H13N5/c1-15-11-6-5-10-13(17-11)18-12(16-10)8-3-2-4-9(14)7-8/h2-7H,14H2,1H3,(H2,15,16,17,18). The molecule has 18 heavy (non-hydrogen) atoms. The Kier molecular flexibility index (Phi) is 2.37. The molecule has 0 aliphatic rings. The second kappa shape index (κ2) is 4.03. The first-order valence-electron chi connectivity index (χ1n) is 5.67. The van der Waals surface area contributed by atoms with Gasteiger partial charge in [-0.3, -0.25) is 0 Å². The number of pyridine rings is 1. The summed E-state index contributed by atoms with van der Waals surface area (Å²) in [6.45, 7) is 0. The third kappa shape index (κ3) is 1.75. The van der Waals surface area contributed by atoms with Crippen LogP contribution in [-0.2, 0) is 0 Å². The van der Waals surface area contributed by atoms with Gasteiger partial charge in [0.15, 0.2) is 5.65 Å². The van der Waals surface area contributed by atoms with Crippen LogP contribution in [-0.4, -0.2) is 22.0 Å². The molecule has 0 bridgehead atoms. The maximum Gasteiger partial charge on any atom is 0.180 e. The first-order chi connectivity index (χ1) is 8.76. The molecule has 90 valence electrons. The minimum absolute atomic E-state index is 0.694. The smallest absolute Gasteiger partial charge is 0.180 e. The summed E-state index contributed by atoms with van der Waals surface area (Å²) in [6.07, 6.45) is 0. The van der Waals surface area contributed by atoms with Crippen molar-refractivity contribution in [3.05, 3.63) is 36.4 Å². The molecule has 2 aromatic heterocycles. The lowest BCUT2D eigenvalue weighted by Gasteiger charge is -1.97. The summed E-state index contributed by atoms with van der Waals surface area (Å²) in [7, 11) is 1.83. The normalized spacial score (nSPS) is 10.7. The average Bonchev–Trinajstić information content (AvgIpc) is 2.81. The molecule has 5 nitrogen and oxygen atoms in total. The minimum Gasteiger partial charge on any atom is -0.399 e. The zero-order valence-corrected chi connectivity index (χ0v) is 9.94.